The van der Waals surface area contributed by atoms with E-state index in [1.54, 1.807) is 6.07 Å². The molecule has 1 fully saturated rings. The van der Waals surface area contributed by atoms with Crippen molar-refractivity contribution in [3.63, 3.8) is 0 Å². The Morgan fingerprint density at radius 1 is 1.30 bits per heavy atom. The van der Waals surface area contributed by atoms with Crippen LogP contribution in [0.15, 0.2) is 18.2 Å². The van der Waals surface area contributed by atoms with Gasteiger partial charge < -0.3 is 10.1 Å². The number of esters is 1. The monoisotopic (exact) mass is 339 g/mol. The number of hydrogen-bond donors (Lipinski definition) is 1. The second kappa shape index (κ2) is 7.12. The summed E-state index contributed by atoms with van der Waals surface area (Å²) in [6.07, 6.45) is 0.516. The molecular weight excluding hydrogens is 318 g/mol. The minimum atomic E-state index is -3.01. The van der Waals surface area contributed by atoms with E-state index >= 15 is 0 Å². The van der Waals surface area contributed by atoms with Crippen molar-refractivity contribution in [2.75, 3.05) is 23.4 Å². The normalized spacial score (nSPS) is 19.3. The van der Waals surface area contributed by atoms with Crippen LogP contribution in [0.4, 0.5) is 5.69 Å². The Hall–Kier alpha value is -1.89. The third-order valence-corrected chi connectivity index (χ3v) is 5.64. The molecule has 1 heterocycles. The molecule has 1 aromatic rings. The summed E-state index contributed by atoms with van der Waals surface area (Å²) >= 11 is 0. The van der Waals surface area contributed by atoms with Crippen molar-refractivity contribution in [2.24, 2.45) is 5.92 Å². The Bertz CT molecular complexity index is 711. The van der Waals surface area contributed by atoms with Crippen molar-refractivity contribution in [2.45, 2.75) is 26.7 Å². The van der Waals surface area contributed by atoms with Gasteiger partial charge in [-0.15, -0.1) is 0 Å². The van der Waals surface area contributed by atoms with Gasteiger partial charge in [-0.25, -0.2) is 8.42 Å². The van der Waals surface area contributed by atoms with Gasteiger partial charge in [0.15, 0.2) is 16.4 Å². The van der Waals surface area contributed by atoms with E-state index in [1.165, 1.54) is 0 Å². The molecule has 0 spiro atoms. The average Bonchev–Trinajstić information content (AvgIpc) is 2.79. The van der Waals surface area contributed by atoms with E-state index in [4.69, 9.17) is 4.74 Å². The molecule has 1 saturated heterocycles. The summed E-state index contributed by atoms with van der Waals surface area (Å²) in [6, 6.07) is 5.63. The van der Waals surface area contributed by atoms with Crippen LogP contribution in [0.2, 0.25) is 0 Å². The van der Waals surface area contributed by atoms with Gasteiger partial charge >= 0.3 is 5.97 Å². The molecule has 0 bridgehead atoms. The van der Waals surface area contributed by atoms with Crippen molar-refractivity contribution in [3.8, 4) is 0 Å². The fraction of sp³-hybridized carbons (Fsp3) is 0.500. The largest absolute Gasteiger partial charge is 0.456 e. The molecule has 1 aliphatic rings. The molecule has 0 aromatic heterocycles. The van der Waals surface area contributed by atoms with E-state index in [2.05, 4.69) is 5.32 Å². The Balaban J connectivity index is 1.77. The van der Waals surface area contributed by atoms with Crippen LogP contribution < -0.4 is 5.32 Å². The van der Waals surface area contributed by atoms with Gasteiger partial charge in [-0.1, -0.05) is 17.7 Å². The predicted molar refractivity (Wildman–Crippen MR) is 86.9 cm³/mol. The van der Waals surface area contributed by atoms with Crippen LogP contribution >= 0.6 is 0 Å². The summed E-state index contributed by atoms with van der Waals surface area (Å²) in [5, 5.41) is 2.69. The van der Waals surface area contributed by atoms with Crippen molar-refractivity contribution in [1.82, 2.24) is 0 Å². The lowest BCUT2D eigenvalue weighted by Crippen LogP contribution is -2.22. The first-order valence-electron chi connectivity index (χ1n) is 7.48. The van der Waals surface area contributed by atoms with Gasteiger partial charge in [-0.3, -0.25) is 9.59 Å². The number of rotatable bonds is 5. The molecule has 1 aromatic carbocycles. The summed E-state index contributed by atoms with van der Waals surface area (Å²) in [5.41, 5.74) is 2.71. The summed E-state index contributed by atoms with van der Waals surface area (Å²) < 4.78 is 27.6. The Morgan fingerprint density at radius 3 is 2.65 bits per heavy atom. The van der Waals surface area contributed by atoms with E-state index in [9.17, 15) is 18.0 Å². The maximum Gasteiger partial charge on any atom is 0.306 e. The first-order chi connectivity index (χ1) is 10.7. The first-order valence-corrected chi connectivity index (χ1v) is 9.30. The molecule has 0 radical (unpaired) electrons. The average molecular weight is 339 g/mol. The van der Waals surface area contributed by atoms with Crippen molar-refractivity contribution < 1.29 is 22.7 Å². The molecule has 0 aliphatic carbocycles. The molecule has 126 valence electrons. The van der Waals surface area contributed by atoms with Crippen LogP contribution in [0.25, 0.3) is 0 Å². The summed E-state index contributed by atoms with van der Waals surface area (Å²) in [6.45, 7) is 3.48. The van der Waals surface area contributed by atoms with E-state index in [-0.39, 0.29) is 30.5 Å². The molecule has 1 amide bonds. The highest BCUT2D eigenvalue weighted by atomic mass is 32.2. The van der Waals surface area contributed by atoms with Crippen LogP contribution in [0.3, 0.4) is 0 Å². The van der Waals surface area contributed by atoms with Gasteiger partial charge in [0.05, 0.1) is 11.5 Å². The number of nitrogens with one attached hydrogen (secondary N) is 1. The Labute approximate surface area is 136 Å². The molecular formula is C16H21NO5S. The Morgan fingerprint density at radius 2 is 2.04 bits per heavy atom. The number of carbonyl (C=O) groups is 2. The van der Waals surface area contributed by atoms with Crippen LogP contribution in [-0.4, -0.2) is 38.4 Å². The number of ether oxygens (including phenoxy) is 1. The zero-order chi connectivity index (χ0) is 17.0. The lowest BCUT2D eigenvalue weighted by molar-refractivity contribution is -0.148. The van der Waals surface area contributed by atoms with Crippen molar-refractivity contribution in [1.29, 1.82) is 0 Å². The van der Waals surface area contributed by atoms with Gasteiger partial charge in [-0.05, 0) is 37.8 Å². The molecule has 1 aliphatic heterocycles. The first kappa shape index (κ1) is 17.5. The number of anilines is 1. The van der Waals surface area contributed by atoms with Crippen LogP contribution in [-0.2, 0) is 24.2 Å². The quantitative estimate of drug-likeness (QED) is 0.823. The van der Waals surface area contributed by atoms with Crippen LogP contribution in [0.5, 0.6) is 0 Å². The fourth-order valence-corrected chi connectivity index (χ4v) is 4.48. The summed E-state index contributed by atoms with van der Waals surface area (Å²) in [4.78, 5) is 23.5. The maximum absolute atomic E-state index is 11.8. The second-order valence-corrected chi connectivity index (χ2v) is 8.23. The topological polar surface area (TPSA) is 89.5 Å². The molecule has 1 N–H and O–H groups in total. The third-order valence-electron chi connectivity index (χ3n) is 3.80. The number of hydrogen-bond acceptors (Lipinski definition) is 5. The van der Waals surface area contributed by atoms with E-state index in [0.717, 1.165) is 11.1 Å². The zero-order valence-electron chi connectivity index (χ0n) is 13.3. The zero-order valence-corrected chi connectivity index (χ0v) is 14.1. The highest BCUT2D eigenvalue weighted by molar-refractivity contribution is 7.91. The smallest absolute Gasteiger partial charge is 0.306 e. The minimum Gasteiger partial charge on any atom is -0.456 e. The van der Waals surface area contributed by atoms with Crippen molar-refractivity contribution >= 4 is 27.4 Å². The van der Waals surface area contributed by atoms with Gasteiger partial charge in [0, 0.05) is 12.1 Å². The molecule has 0 saturated carbocycles. The van der Waals surface area contributed by atoms with Crippen molar-refractivity contribution in [3.05, 3.63) is 29.3 Å². The second-order valence-electron chi connectivity index (χ2n) is 6.00. The molecule has 6 nitrogen and oxygen atoms in total. The highest BCUT2D eigenvalue weighted by Crippen LogP contribution is 2.22. The number of sulfone groups is 1. The number of aryl methyl sites for hydroxylation is 2. The molecule has 23 heavy (non-hydrogen) atoms. The van der Waals surface area contributed by atoms with Gasteiger partial charge in [0.25, 0.3) is 5.91 Å². The summed E-state index contributed by atoms with van der Waals surface area (Å²) in [7, 11) is -3.01. The molecule has 7 heteroatoms. The van der Waals surface area contributed by atoms with Gasteiger partial charge in [0.2, 0.25) is 0 Å². The SMILES string of the molecule is Cc1ccc(NC(=O)COC(=O)C[C@H]2CCS(=O)(=O)C2)c(C)c1. The minimum absolute atomic E-state index is 0.0247. The number of benzene rings is 1. The number of carbonyl (C=O) groups excluding carboxylic acids is 2. The summed E-state index contributed by atoms with van der Waals surface area (Å²) in [5.74, 6) is -1.00. The van der Waals surface area contributed by atoms with E-state index in [0.29, 0.717) is 12.1 Å². The van der Waals surface area contributed by atoms with Crippen LogP contribution in [0.1, 0.15) is 24.0 Å². The Kier molecular flexibility index (Phi) is 5.41. The fourth-order valence-electron chi connectivity index (χ4n) is 2.61. The standard InChI is InChI=1S/C16H21NO5S/c1-11-3-4-14(12(2)7-11)17-15(18)9-22-16(19)8-13-5-6-23(20,21)10-13/h3-4,7,13H,5-6,8-10H2,1-2H3,(H,17,18)/t13-/m1/s1. The van der Waals surface area contributed by atoms with E-state index < -0.39 is 21.7 Å². The predicted octanol–water partition coefficient (Wildman–Crippen LogP) is 1.61. The van der Waals surface area contributed by atoms with E-state index in [1.807, 2.05) is 26.0 Å². The molecule has 0 unspecified atom stereocenters. The van der Waals surface area contributed by atoms with Gasteiger partial charge in [-0.2, -0.15) is 0 Å². The maximum atomic E-state index is 11.8. The van der Waals surface area contributed by atoms with Crippen LogP contribution in [0, 0.1) is 19.8 Å². The highest BCUT2D eigenvalue weighted by Gasteiger charge is 2.29. The third kappa shape index (κ3) is 5.35. The lowest BCUT2D eigenvalue weighted by Gasteiger charge is -2.10. The molecule has 1 atom stereocenters. The molecule has 2 rings (SSSR count). The van der Waals surface area contributed by atoms with Gasteiger partial charge in [0.1, 0.15) is 0 Å². The lowest BCUT2D eigenvalue weighted by atomic mass is 10.1. The number of amides is 1.